The van der Waals surface area contributed by atoms with E-state index in [1.807, 2.05) is 0 Å². The molecule has 0 aromatic carbocycles. The van der Waals surface area contributed by atoms with Crippen LogP contribution < -0.4 is 11.1 Å². The van der Waals surface area contributed by atoms with Crippen molar-refractivity contribution >= 4 is 27.6 Å². The van der Waals surface area contributed by atoms with Crippen molar-refractivity contribution in [2.45, 2.75) is 6.92 Å². The molecule has 0 atom stereocenters. The van der Waals surface area contributed by atoms with Crippen LogP contribution in [-0.2, 0) is 0 Å². The Balaban J connectivity index is 3.24. The first-order valence-electron chi connectivity index (χ1n) is 3.12. The summed E-state index contributed by atoms with van der Waals surface area (Å²) in [5.41, 5.74) is 5.56. The van der Waals surface area contributed by atoms with Crippen LogP contribution in [0.4, 0.5) is 11.6 Å². The van der Waals surface area contributed by atoms with Gasteiger partial charge in [-0.1, -0.05) is 0 Å². The van der Waals surface area contributed by atoms with E-state index in [0.717, 1.165) is 5.82 Å². The Morgan fingerprint density at radius 1 is 1.45 bits per heavy atom. The van der Waals surface area contributed by atoms with Gasteiger partial charge in [-0.3, -0.25) is 0 Å². The van der Waals surface area contributed by atoms with Crippen LogP contribution in [-0.4, -0.2) is 17.0 Å². The van der Waals surface area contributed by atoms with E-state index < -0.39 is 0 Å². The quantitative estimate of drug-likeness (QED) is 0.741. The Kier molecular flexibility index (Phi) is 2.28. The second-order valence-corrected chi connectivity index (χ2v) is 2.86. The van der Waals surface area contributed by atoms with E-state index in [2.05, 4.69) is 31.2 Å². The fourth-order valence-corrected chi connectivity index (χ4v) is 1.12. The van der Waals surface area contributed by atoms with E-state index in [4.69, 9.17) is 5.73 Å². The van der Waals surface area contributed by atoms with E-state index in [1.54, 1.807) is 14.0 Å². The fourth-order valence-electron chi connectivity index (χ4n) is 0.746. The van der Waals surface area contributed by atoms with Crippen LogP contribution in [0.15, 0.2) is 4.47 Å². The Morgan fingerprint density at radius 2 is 2.09 bits per heavy atom. The molecule has 5 heteroatoms. The maximum absolute atomic E-state index is 5.56. The minimum Gasteiger partial charge on any atom is -0.383 e. The van der Waals surface area contributed by atoms with Gasteiger partial charge in [0.1, 0.15) is 21.9 Å². The number of rotatable bonds is 1. The van der Waals surface area contributed by atoms with Crippen LogP contribution >= 0.6 is 15.9 Å². The molecule has 0 fully saturated rings. The van der Waals surface area contributed by atoms with Crippen LogP contribution in [0.25, 0.3) is 0 Å². The summed E-state index contributed by atoms with van der Waals surface area (Å²) in [7, 11) is 1.78. The predicted octanol–water partition coefficient (Wildman–Crippen LogP) is 1.17. The Bertz CT molecular complexity index is 274. The SMILES string of the molecule is CNc1nc(C)nc(N)c1Br. The lowest BCUT2D eigenvalue weighted by Gasteiger charge is -2.04. The molecule has 0 bridgehead atoms. The number of nitrogens with two attached hydrogens (primary N) is 1. The summed E-state index contributed by atoms with van der Waals surface area (Å²) in [4.78, 5) is 8.06. The molecule has 4 nitrogen and oxygen atoms in total. The van der Waals surface area contributed by atoms with Crippen LogP contribution in [0, 0.1) is 6.92 Å². The first kappa shape index (κ1) is 8.26. The number of halogens is 1. The second-order valence-electron chi connectivity index (χ2n) is 2.07. The van der Waals surface area contributed by atoms with Crippen LogP contribution in [0.3, 0.4) is 0 Å². The molecule has 0 spiro atoms. The minimum absolute atomic E-state index is 0.460. The highest BCUT2D eigenvalue weighted by Crippen LogP contribution is 2.24. The molecule has 0 aliphatic rings. The molecule has 0 aliphatic heterocycles. The van der Waals surface area contributed by atoms with Crippen molar-refractivity contribution < 1.29 is 0 Å². The highest BCUT2D eigenvalue weighted by atomic mass is 79.9. The van der Waals surface area contributed by atoms with Crippen molar-refractivity contribution in [1.29, 1.82) is 0 Å². The molecule has 0 saturated carbocycles. The Morgan fingerprint density at radius 3 is 2.64 bits per heavy atom. The van der Waals surface area contributed by atoms with Gasteiger partial charge in [-0.15, -0.1) is 0 Å². The summed E-state index contributed by atoms with van der Waals surface area (Å²) in [6, 6.07) is 0. The molecule has 0 aliphatic carbocycles. The zero-order valence-corrected chi connectivity index (χ0v) is 7.94. The van der Waals surface area contributed by atoms with Gasteiger partial charge >= 0.3 is 0 Å². The van der Waals surface area contributed by atoms with Crippen molar-refractivity contribution in [3.63, 3.8) is 0 Å². The molecule has 1 aromatic heterocycles. The summed E-state index contributed by atoms with van der Waals surface area (Å²) in [6.45, 7) is 1.80. The number of hydrogen-bond donors (Lipinski definition) is 2. The standard InChI is InChI=1S/C6H9BrN4/c1-3-10-5(8)4(7)6(9-2)11-3/h1-2H3,(H3,8,9,10,11). The summed E-state index contributed by atoms with van der Waals surface area (Å²) in [5, 5.41) is 2.90. The summed E-state index contributed by atoms with van der Waals surface area (Å²) in [5.74, 6) is 1.84. The first-order chi connectivity index (χ1) is 5.15. The minimum atomic E-state index is 0.460. The lowest BCUT2D eigenvalue weighted by Crippen LogP contribution is -2.02. The fraction of sp³-hybridized carbons (Fsp3) is 0.333. The number of hydrogen-bond acceptors (Lipinski definition) is 4. The lowest BCUT2D eigenvalue weighted by molar-refractivity contribution is 1.05. The molecule has 11 heavy (non-hydrogen) atoms. The number of nitrogens with zero attached hydrogens (tertiary/aromatic N) is 2. The van der Waals surface area contributed by atoms with Crippen molar-refractivity contribution in [2.24, 2.45) is 0 Å². The molecular weight excluding hydrogens is 208 g/mol. The normalized spacial score (nSPS) is 9.73. The Hall–Kier alpha value is -0.840. The van der Waals surface area contributed by atoms with E-state index in [0.29, 0.717) is 16.1 Å². The largest absolute Gasteiger partial charge is 0.383 e. The summed E-state index contributed by atoms with van der Waals surface area (Å²) < 4.78 is 0.714. The van der Waals surface area contributed by atoms with Gasteiger partial charge in [0.05, 0.1) is 0 Å². The molecular formula is C6H9BrN4. The number of nitrogens with one attached hydrogen (secondary N) is 1. The van der Waals surface area contributed by atoms with Gasteiger partial charge in [-0.2, -0.15) is 0 Å². The third-order valence-corrected chi connectivity index (χ3v) is 2.01. The van der Waals surface area contributed by atoms with Gasteiger partial charge in [0.2, 0.25) is 0 Å². The summed E-state index contributed by atoms with van der Waals surface area (Å²) in [6.07, 6.45) is 0. The Labute approximate surface area is 73.4 Å². The molecule has 1 rings (SSSR count). The van der Waals surface area contributed by atoms with Gasteiger partial charge in [0.25, 0.3) is 0 Å². The van der Waals surface area contributed by atoms with Crippen LogP contribution in [0.5, 0.6) is 0 Å². The molecule has 60 valence electrons. The van der Waals surface area contributed by atoms with Gasteiger partial charge in [0.15, 0.2) is 0 Å². The van der Waals surface area contributed by atoms with Crippen LogP contribution in [0.1, 0.15) is 5.82 Å². The van der Waals surface area contributed by atoms with Gasteiger partial charge in [-0.25, -0.2) is 9.97 Å². The summed E-state index contributed by atoms with van der Waals surface area (Å²) >= 11 is 3.26. The third-order valence-electron chi connectivity index (χ3n) is 1.23. The van der Waals surface area contributed by atoms with Crippen molar-refractivity contribution in [1.82, 2.24) is 9.97 Å². The zero-order valence-electron chi connectivity index (χ0n) is 6.35. The highest BCUT2D eigenvalue weighted by molar-refractivity contribution is 9.10. The number of nitrogen functional groups attached to an aromatic ring is 1. The van der Waals surface area contributed by atoms with E-state index in [9.17, 15) is 0 Å². The van der Waals surface area contributed by atoms with E-state index >= 15 is 0 Å². The monoisotopic (exact) mass is 216 g/mol. The predicted molar refractivity (Wildman–Crippen MR) is 48.4 cm³/mol. The highest BCUT2D eigenvalue weighted by Gasteiger charge is 2.04. The van der Waals surface area contributed by atoms with E-state index in [-0.39, 0.29) is 0 Å². The zero-order chi connectivity index (χ0) is 8.43. The second kappa shape index (κ2) is 3.04. The van der Waals surface area contributed by atoms with Gasteiger partial charge in [0, 0.05) is 7.05 Å². The number of aromatic nitrogens is 2. The topological polar surface area (TPSA) is 63.8 Å². The molecule has 0 radical (unpaired) electrons. The molecule has 1 aromatic rings. The average molecular weight is 217 g/mol. The van der Waals surface area contributed by atoms with Crippen LogP contribution in [0.2, 0.25) is 0 Å². The maximum atomic E-state index is 5.56. The van der Waals surface area contributed by atoms with E-state index in [1.165, 1.54) is 0 Å². The van der Waals surface area contributed by atoms with Crippen molar-refractivity contribution in [3.05, 3.63) is 10.3 Å². The molecule has 3 N–H and O–H groups in total. The number of aryl methyl sites for hydroxylation is 1. The molecule has 1 heterocycles. The lowest BCUT2D eigenvalue weighted by atomic mass is 10.5. The number of anilines is 2. The maximum Gasteiger partial charge on any atom is 0.146 e. The molecule has 0 amide bonds. The smallest absolute Gasteiger partial charge is 0.146 e. The molecule has 0 unspecified atom stereocenters. The first-order valence-corrected chi connectivity index (χ1v) is 3.92. The van der Waals surface area contributed by atoms with Crippen molar-refractivity contribution in [3.8, 4) is 0 Å². The molecule has 0 saturated heterocycles. The van der Waals surface area contributed by atoms with Gasteiger partial charge < -0.3 is 11.1 Å². The van der Waals surface area contributed by atoms with Crippen molar-refractivity contribution in [2.75, 3.05) is 18.1 Å². The van der Waals surface area contributed by atoms with Gasteiger partial charge in [-0.05, 0) is 22.9 Å². The average Bonchev–Trinajstić information content (AvgIpc) is 1.96. The third kappa shape index (κ3) is 1.59.